The molecule has 0 radical (unpaired) electrons. The summed E-state index contributed by atoms with van der Waals surface area (Å²) in [4.78, 5) is 26.2. The monoisotopic (exact) mass is 438 g/mol. The number of likely N-dealkylation sites (tertiary alicyclic amines) is 1. The fourth-order valence-electron chi connectivity index (χ4n) is 3.16. The second kappa shape index (κ2) is 9.94. The summed E-state index contributed by atoms with van der Waals surface area (Å²) in [5.41, 5.74) is 0.759. The minimum Gasteiger partial charge on any atom is -0.482 e. The van der Waals surface area contributed by atoms with Crippen LogP contribution in [-0.2, 0) is 16.0 Å². The third-order valence-electron chi connectivity index (χ3n) is 4.74. The number of halogens is 3. The normalized spacial score (nSPS) is 14.5. The van der Waals surface area contributed by atoms with Crippen LogP contribution in [-0.4, -0.2) is 42.5 Å². The number of ether oxygens (including phenoxy) is 1. The Balaban J connectivity index is 1.40. The fourth-order valence-corrected chi connectivity index (χ4v) is 3.63. The van der Waals surface area contributed by atoms with Gasteiger partial charge in [0.15, 0.2) is 6.61 Å². The van der Waals surface area contributed by atoms with E-state index in [1.807, 2.05) is 0 Å². The van der Waals surface area contributed by atoms with E-state index in [0.29, 0.717) is 41.7 Å². The third-order valence-corrected chi connectivity index (χ3v) is 5.27. The van der Waals surface area contributed by atoms with Crippen molar-refractivity contribution in [1.82, 2.24) is 10.2 Å². The van der Waals surface area contributed by atoms with Crippen LogP contribution >= 0.6 is 23.2 Å². The highest BCUT2D eigenvalue weighted by Gasteiger charge is 2.24. The first-order valence-corrected chi connectivity index (χ1v) is 10.1. The molecule has 1 fully saturated rings. The Labute approximate surface area is 178 Å². The number of amides is 2. The highest BCUT2D eigenvalue weighted by atomic mass is 35.5. The van der Waals surface area contributed by atoms with Crippen molar-refractivity contribution in [2.24, 2.45) is 0 Å². The van der Waals surface area contributed by atoms with Crippen LogP contribution in [0.2, 0.25) is 10.0 Å². The minimum absolute atomic E-state index is 0.0126. The maximum absolute atomic E-state index is 12.9. The maximum Gasteiger partial charge on any atom is 0.260 e. The van der Waals surface area contributed by atoms with Crippen LogP contribution in [0.5, 0.6) is 5.75 Å². The van der Waals surface area contributed by atoms with Crippen molar-refractivity contribution in [3.63, 3.8) is 0 Å². The van der Waals surface area contributed by atoms with E-state index >= 15 is 0 Å². The van der Waals surface area contributed by atoms with Gasteiger partial charge in [0.05, 0.1) is 11.4 Å². The molecule has 154 valence electrons. The van der Waals surface area contributed by atoms with Crippen molar-refractivity contribution in [1.29, 1.82) is 0 Å². The van der Waals surface area contributed by atoms with Crippen molar-refractivity contribution in [2.75, 3.05) is 19.7 Å². The molecule has 1 heterocycles. The average Bonchev–Trinajstić information content (AvgIpc) is 2.69. The molecule has 8 heteroatoms. The molecule has 2 aromatic rings. The number of carbonyl (C=O) groups excluding carboxylic acids is 2. The first kappa shape index (κ1) is 21.4. The summed E-state index contributed by atoms with van der Waals surface area (Å²) < 4.78 is 18.4. The molecule has 1 aliphatic rings. The van der Waals surface area contributed by atoms with Crippen LogP contribution in [0.15, 0.2) is 42.5 Å². The molecule has 29 heavy (non-hydrogen) atoms. The predicted octanol–water partition coefficient (Wildman–Crippen LogP) is 3.86. The van der Waals surface area contributed by atoms with E-state index in [1.54, 1.807) is 35.2 Å². The number of nitrogens with one attached hydrogen (secondary N) is 1. The van der Waals surface area contributed by atoms with E-state index in [0.717, 1.165) is 5.56 Å². The molecule has 1 saturated heterocycles. The van der Waals surface area contributed by atoms with Crippen LogP contribution in [0.4, 0.5) is 4.39 Å². The molecule has 0 aromatic heterocycles. The van der Waals surface area contributed by atoms with Crippen molar-refractivity contribution in [2.45, 2.75) is 25.3 Å². The van der Waals surface area contributed by atoms with E-state index in [4.69, 9.17) is 27.9 Å². The summed E-state index contributed by atoms with van der Waals surface area (Å²) in [7, 11) is 0. The van der Waals surface area contributed by atoms with Crippen LogP contribution in [0.3, 0.4) is 0 Å². The molecule has 0 unspecified atom stereocenters. The molecule has 1 aliphatic heterocycles. The Morgan fingerprint density at radius 2 is 1.79 bits per heavy atom. The second-order valence-electron chi connectivity index (χ2n) is 6.89. The quantitative estimate of drug-likeness (QED) is 0.744. The summed E-state index contributed by atoms with van der Waals surface area (Å²) in [5, 5.41) is 3.83. The Hall–Kier alpha value is -2.31. The van der Waals surface area contributed by atoms with Gasteiger partial charge in [-0.05, 0) is 48.7 Å². The molecule has 5 nitrogen and oxygen atoms in total. The lowest BCUT2D eigenvalue weighted by atomic mass is 10.0. The summed E-state index contributed by atoms with van der Waals surface area (Å²) in [6, 6.07) is 10.7. The maximum atomic E-state index is 12.9. The lowest BCUT2D eigenvalue weighted by molar-refractivity contribution is -0.134. The standard InChI is InChI=1S/C21H21Cl2FN2O3/c22-15-3-6-19(18(23)12-15)29-13-21(28)26-9-7-17(8-10-26)25-20(27)11-14-1-4-16(24)5-2-14/h1-6,12,17H,7-11,13H2,(H,25,27). The number of nitrogens with zero attached hydrogens (tertiary/aromatic N) is 1. The van der Waals surface area contributed by atoms with E-state index in [1.165, 1.54) is 12.1 Å². The fraction of sp³-hybridized carbons (Fsp3) is 0.333. The summed E-state index contributed by atoms with van der Waals surface area (Å²) in [6.07, 6.45) is 1.54. The molecule has 0 aliphatic carbocycles. The zero-order valence-electron chi connectivity index (χ0n) is 15.7. The van der Waals surface area contributed by atoms with Gasteiger partial charge >= 0.3 is 0 Å². The topological polar surface area (TPSA) is 58.6 Å². The molecule has 0 saturated carbocycles. The predicted molar refractivity (Wildman–Crippen MR) is 110 cm³/mol. The second-order valence-corrected chi connectivity index (χ2v) is 7.73. The highest BCUT2D eigenvalue weighted by Crippen LogP contribution is 2.27. The summed E-state index contributed by atoms with van der Waals surface area (Å²) in [6.45, 7) is 0.971. The smallest absolute Gasteiger partial charge is 0.260 e. The van der Waals surface area contributed by atoms with Gasteiger partial charge in [-0.1, -0.05) is 35.3 Å². The van der Waals surface area contributed by atoms with Crippen LogP contribution in [0, 0.1) is 5.82 Å². The Morgan fingerprint density at radius 3 is 2.45 bits per heavy atom. The van der Waals surface area contributed by atoms with Crippen LogP contribution in [0.25, 0.3) is 0 Å². The first-order valence-electron chi connectivity index (χ1n) is 9.30. The van der Waals surface area contributed by atoms with Crippen molar-refractivity contribution in [3.05, 3.63) is 63.9 Å². The van der Waals surface area contributed by atoms with Gasteiger partial charge in [-0.2, -0.15) is 0 Å². The van der Waals surface area contributed by atoms with Gasteiger partial charge in [-0.15, -0.1) is 0 Å². The van der Waals surface area contributed by atoms with Gasteiger partial charge in [-0.25, -0.2) is 4.39 Å². The van der Waals surface area contributed by atoms with Crippen LogP contribution < -0.4 is 10.1 Å². The van der Waals surface area contributed by atoms with Gasteiger partial charge in [0, 0.05) is 24.2 Å². The molecule has 1 N–H and O–H groups in total. The SMILES string of the molecule is O=C(Cc1ccc(F)cc1)NC1CCN(C(=O)COc2ccc(Cl)cc2Cl)CC1. The first-order chi connectivity index (χ1) is 13.9. The molecule has 0 spiro atoms. The van der Waals surface area contributed by atoms with Crippen LogP contribution in [0.1, 0.15) is 18.4 Å². The number of carbonyl (C=O) groups is 2. The van der Waals surface area contributed by atoms with E-state index in [-0.39, 0.29) is 36.7 Å². The highest BCUT2D eigenvalue weighted by molar-refractivity contribution is 6.35. The number of benzene rings is 2. The largest absolute Gasteiger partial charge is 0.482 e. The molecule has 0 atom stereocenters. The molecule has 2 aromatic carbocycles. The summed E-state index contributed by atoms with van der Waals surface area (Å²) >= 11 is 11.9. The van der Waals surface area contributed by atoms with Gasteiger partial charge in [0.1, 0.15) is 11.6 Å². The zero-order valence-corrected chi connectivity index (χ0v) is 17.2. The Kier molecular flexibility index (Phi) is 7.34. The van der Waals surface area contributed by atoms with E-state index in [9.17, 15) is 14.0 Å². The van der Waals surface area contributed by atoms with E-state index < -0.39 is 0 Å². The zero-order chi connectivity index (χ0) is 20.8. The molecular formula is C21H21Cl2FN2O3. The Bertz CT molecular complexity index is 869. The third kappa shape index (κ3) is 6.34. The number of hydrogen-bond donors (Lipinski definition) is 1. The number of hydrogen-bond acceptors (Lipinski definition) is 3. The van der Waals surface area contributed by atoms with E-state index in [2.05, 4.69) is 5.32 Å². The molecule has 2 amide bonds. The van der Waals surface area contributed by atoms with Crippen molar-refractivity contribution in [3.8, 4) is 5.75 Å². The average molecular weight is 439 g/mol. The van der Waals surface area contributed by atoms with Gasteiger partial charge in [-0.3, -0.25) is 9.59 Å². The minimum atomic E-state index is -0.325. The number of rotatable bonds is 6. The van der Waals surface area contributed by atoms with Gasteiger partial charge < -0.3 is 15.0 Å². The molecular weight excluding hydrogens is 418 g/mol. The van der Waals surface area contributed by atoms with Gasteiger partial charge in [0.25, 0.3) is 5.91 Å². The van der Waals surface area contributed by atoms with Crippen molar-refractivity contribution < 1.29 is 18.7 Å². The van der Waals surface area contributed by atoms with Gasteiger partial charge in [0.2, 0.25) is 5.91 Å². The lowest BCUT2D eigenvalue weighted by Gasteiger charge is -2.32. The Morgan fingerprint density at radius 1 is 1.10 bits per heavy atom. The lowest BCUT2D eigenvalue weighted by Crippen LogP contribution is -2.48. The molecule has 0 bridgehead atoms. The van der Waals surface area contributed by atoms with Crippen molar-refractivity contribution >= 4 is 35.0 Å². The summed E-state index contributed by atoms with van der Waals surface area (Å²) in [5.74, 6) is -0.157. The molecule has 3 rings (SSSR count). The number of piperidine rings is 1.